The summed E-state index contributed by atoms with van der Waals surface area (Å²) in [7, 11) is 1.39. The summed E-state index contributed by atoms with van der Waals surface area (Å²) in [6.07, 6.45) is -1.66. The Morgan fingerprint density at radius 2 is 1.83 bits per heavy atom. The summed E-state index contributed by atoms with van der Waals surface area (Å²) in [6, 6.07) is -0.656. The fourth-order valence-corrected chi connectivity index (χ4v) is 1.06. The fourth-order valence-electron chi connectivity index (χ4n) is 1.06. The van der Waals surface area contributed by atoms with Gasteiger partial charge in [0.15, 0.2) is 6.10 Å². The molecule has 0 aromatic heterocycles. The van der Waals surface area contributed by atoms with Gasteiger partial charge < -0.3 is 25.7 Å². The Labute approximate surface area is 105 Å². The highest BCUT2D eigenvalue weighted by Crippen LogP contribution is 1.87. The van der Waals surface area contributed by atoms with Crippen LogP contribution in [0.1, 0.15) is 13.8 Å². The summed E-state index contributed by atoms with van der Waals surface area (Å²) in [6.45, 7) is 3.03. The molecule has 8 heteroatoms. The zero-order valence-corrected chi connectivity index (χ0v) is 10.6. The second-order valence-corrected chi connectivity index (χ2v) is 4.12. The molecule has 3 amide bonds. The van der Waals surface area contributed by atoms with Crippen LogP contribution < -0.4 is 10.6 Å². The van der Waals surface area contributed by atoms with Crippen molar-refractivity contribution in [2.75, 3.05) is 20.1 Å². The van der Waals surface area contributed by atoms with Crippen molar-refractivity contribution in [3.63, 3.8) is 0 Å². The Morgan fingerprint density at radius 3 is 2.28 bits per heavy atom. The minimum atomic E-state index is -1.66. The second kappa shape index (κ2) is 7.49. The van der Waals surface area contributed by atoms with Crippen molar-refractivity contribution in [3.8, 4) is 0 Å². The summed E-state index contributed by atoms with van der Waals surface area (Å²) in [4.78, 5) is 34.2. The van der Waals surface area contributed by atoms with Crippen LogP contribution in [0.5, 0.6) is 0 Å². The van der Waals surface area contributed by atoms with E-state index in [1.165, 1.54) is 7.05 Å². The van der Waals surface area contributed by atoms with E-state index >= 15 is 0 Å². The Bertz CT molecular complexity index is 319. The van der Waals surface area contributed by atoms with E-state index in [-0.39, 0.29) is 18.5 Å². The van der Waals surface area contributed by atoms with E-state index in [0.717, 1.165) is 4.90 Å². The van der Waals surface area contributed by atoms with Crippen LogP contribution in [-0.4, -0.2) is 65.3 Å². The molecule has 0 bridgehead atoms. The van der Waals surface area contributed by atoms with Crippen molar-refractivity contribution in [1.29, 1.82) is 0 Å². The van der Waals surface area contributed by atoms with Crippen molar-refractivity contribution < 1.29 is 24.6 Å². The normalized spacial score (nSPS) is 11.8. The molecule has 104 valence electrons. The SMILES string of the molecule is CC(C)NC(=O)CN(C)C(=O)NC[C@H](O)C(=O)O. The zero-order valence-electron chi connectivity index (χ0n) is 10.6. The first kappa shape index (κ1) is 16.2. The molecule has 4 N–H and O–H groups in total. The smallest absolute Gasteiger partial charge is 0.334 e. The predicted octanol–water partition coefficient (Wildman–Crippen LogP) is -1.40. The van der Waals surface area contributed by atoms with Gasteiger partial charge in [-0.3, -0.25) is 4.79 Å². The van der Waals surface area contributed by atoms with Crippen LogP contribution in [0.15, 0.2) is 0 Å². The van der Waals surface area contributed by atoms with Gasteiger partial charge in [-0.25, -0.2) is 9.59 Å². The maximum absolute atomic E-state index is 11.4. The Kier molecular flexibility index (Phi) is 6.73. The standard InChI is InChI=1S/C10H19N3O5/c1-6(2)12-8(15)5-13(3)10(18)11-4-7(14)9(16)17/h6-7,14H,4-5H2,1-3H3,(H,11,18)(H,12,15)(H,16,17)/t7-/m0/s1. The largest absolute Gasteiger partial charge is 0.479 e. The number of amides is 3. The summed E-state index contributed by atoms with van der Waals surface area (Å²) in [5.74, 6) is -1.74. The van der Waals surface area contributed by atoms with Crippen LogP contribution in [0, 0.1) is 0 Å². The monoisotopic (exact) mass is 261 g/mol. The van der Waals surface area contributed by atoms with Crippen LogP contribution in [0.2, 0.25) is 0 Å². The third kappa shape index (κ3) is 6.69. The third-order valence-electron chi connectivity index (χ3n) is 1.91. The predicted molar refractivity (Wildman–Crippen MR) is 63.0 cm³/mol. The zero-order chi connectivity index (χ0) is 14.3. The molecule has 0 aromatic rings. The molecule has 0 saturated carbocycles. The first-order valence-electron chi connectivity index (χ1n) is 5.43. The van der Waals surface area contributed by atoms with Gasteiger partial charge in [0.1, 0.15) is 6.54 Å². The number of rotatable bonds is 6. The van der Waals surface area contributed by atoms with Gasteiger partial charge in [-0.2, -0.15) is 0 Å². The van der Waals surface area contributed by atoms with Gasteiger partial charge in [-0.1, -0.05) is 0 Å². The van der Waals surface area contributed by atoms with E-state index in [4.69, 9.17) is 10.2 Å². The maximum atomic E-state index is 11.4. The Morgan fingerprint density at radius 1 is 1.28 bits per heavy atom. The van der Waals surface area contributed by atoms with Crippen molar-refractivity contribution >= 4 is 17.9 Å². The lowest BCUT2D eigenvalue weighted by Gasteiger charge is -2.19. The number of carbonyl (C=O) groups excluding carboxylic acids is 2. The van der Waals surface area contributed by atoms with Crippen molar-refractivity contribution in [2.24, 2.45) is 0 Å². The van der Waals surface area contributed by atoms with Gasteiger partial charge >= 0.3 is 12.0 Å². The van der Waals surface area contributed by atoms with E-state index in [2.05, 4.69) is 10.6 Å². The molecule has 0 fully saturated rings. The van der Waals surface area contributed by atoms with Gasteiger partial charge in [0.25, 0.3) is 0 Å². The van der Waals surface area contributed by atoms with Crippen molar-refractivity contribution in [3.05, 3.63) is 0 Å². The van der Waals surface area contributed by atoms with Crippen LogP contribution in [0.25, 0.3) is 0 Å². The minimum Gasteiger partial charge on any atom is -0.479 e. The van der Waals surface area contributed by atoms with Gasteiger partial charge in [0.05, 0.1) is 6.54 Å². The number of carbonyl (C=O) groups is 3. The average molecular weight is 261 g/mol. The van der Waals surface area contributed by atoms with Crippen molar-refractivity contribution in [1.82, 2.24) is 15.5 Å². The molecule has 0 spiro atoms. The van der Waals surface area contributed by atoms with Gasteiger partial charge in [-0.05, 0) is 13.8 Å². The van der Waals surface area contributed by atoms with Crippen molar-refractivity contribution in [2.45, 2.75) is 26.0 Å². The highest BCUT2D eigenvalue weighted by atomic mass is 16.4. The summed E-state index contributed by atoms with van der Waals surface area (Å²) < 4.78 is 0. The van der Waals surface area contributed by atoms with E-state index in [0.29, 0.717) is 0 Å². The summed E-state index contributed by atoms with van der Waals surface area (Å²) >= 11 is 0. The van der Waals surface area contributed by atoms with Crippen LogP contribution in [0.3, 0.4) is 0 Å². The third-order valence-corrected chi connectivity index (χ3v) is 1.91. The molecule has 8 nitrogen and oxygen atoms in total. The van der Waals surface area contributed by atoms with Gasteiger partial charge in [0.2, 0.25) is 5.91 Å². The Hall–Kier alpha value is -1.83. The van der Waals surface area contributed by atoms with E-state index < -0.39 is 24.6 Å². The molecule has 0 radical (unpaired) electrons. The number of urea groups is 1. The Balaban J connectivity index is 4.03. The number of carboxylic acid groups (broad SMARTS) is 1. The molecule has 0 aliphatic carbocycles. The fraction of sp³-hybridized carbons (Fsp3) is 0.700. The quantitative estimate of drug-likeness (QED) is 0.469. The molecular formula is C10H19N3O5. The molecule has 0 aromatic carbocycles. The molecule has 0 unspecified atom stereocenters. The number of aliphatic hydroxyl groups is 1. The number of nitrogens with zero attached hydrogens (tertiary/aromatic N) is 1. The molecule has 0 aliphatic rings. The molecular weight excluding hydrogens is 242 g/mol. The number of nitrogens with one attached hydrogen (secondary N) is 2. The lowest BCUT2D eigenvalue weighted by atomic mass is 10.3. The van der Waals surface area contributed by atoms with Crippen LogP contribution in [0.4, 0.5) is 4.79 Å². The number of hydrogen-bond acceptors (Lipinski definition) is 4. The maximum Gasteiger partial charge on any atom is 0.334 e. The van der Waals surface area contributed by atoms with Crippen LogP contribution in [-0.2, 0) is 9.59 Å². The molecule has 0 saturated heterocycles. The minimum absolute atomic E-state index is 0.0252. The second-order valence-electron chi connectivity index (χ2n) is 4.12. The number of aliphatic hydroxyl groups excluding tert-OH is 1. The topological polar surface area (TPSA) is 119 Å². The molecule has 18 heavy (non-hydrogen) atoms. The number of carboxylic acids is 1. The summed E-state index contributed by atoms with van der Waals surface area (Å²) in [5.41, 5.74) is 0. The van der Waals surface area contributed by atoms with E-state index in [1.807, 2.05) is 0 Å². The van der Waals surface area contributed by atoms with E-state index in [1.54, 1.807) is 13.8 Å². The molecule has 0 rings (SSSR count). The lowest BCUT2D eigenvalue weighted by molar-refractivity contribution is -0.146. The highest BCUT2D eigenvalue weighted by Gasteiger charge is 2.17. The van der Waals surface area contributed by atoms with Gasteiger partial charge in [-0.15, -0.1) is 0 Å². The first-order chi connectivity index (χ1) is 8.23. The van der Waals surface area contributed by atoms with E-state index in [9.17, 15) is 14.4 Å². The van der Waals surface area contributed by atoms with Crippen LogP contribution >= 0.6 is 0 Å². The molecule has 0 heterocycles. The average Bonchev–Trinajstić information content (AvgIpc) is 2.23. The highest BCUT2D eigenvalue weighted by molar-refractivity contribution is 5.84. The van der Waals surface area contributed by atoms with Gasteiger partial charge in [0, 0.05) is 13.1 Å². The number of aliphatic carboxylic acids is 1. The number of likely N-dealkylation sites (N-methyl/N-ethyl adjacent to an activating group) is 1. The first-order valence-corrected chi connectivity index (χ1v) is 5.43. The molecule has 1 atom stereocenters. The lowest BCUT2D eigenvalue weighted by Crippen LogP contribution is -2.47. The summed E-state index contributed by atoms with van der Waals surface area (Å²) in [5, 5.41) is 22.2. The molecule has 0 aliphatic heterocycles. The number of hydrogen-bond donors (Lipinski definition) is 4.